The van der Waals surface area contributed by atoms with Gasteiger partial charge in [0, 0.05) is 0 Å². The van der Waals surface area contributed by atoms with E-state index in [0.717, 1.165) is 22.6 Å². The molecule has 0 aromatic heterocycles. The molecule has 3 aliphatic heterocycles. The monoisotopic (exact) mass is 430 g/mol. The lowest BCUT2D eigenvalue weighted by molar-refractivity contribution is -0.487. The summed E-state index contributed by atoms with van der Waals surface area (Å²) in [5.74, 6) is 1.56. The van der Waals surface area contributed by atoms with Gasteiger partial charge in [-0.3, -0.25) is 0 Å². The lowest BCUT2D eigenvalue weighted by atomic mass is 9.82. The van der Waals surface area contributed by atoms with Crippen molar-refractivity contribution in [3.63, 3.8) is 0 Å². The Morgan fingerprint density at radius 3 is 1.52 bits per heavy atom. The van der Waals surface area contributed by atoms with E-state index in [2.05, 4.69) is 0 Å². The second-order valence-corrected chi connectivity index (χ2v) is 7.83. The van der Waals surface area contributed by atoms with Crippen molar-refractivity contribution in [2.75, 3.05) is 14.2 Å². The highest BCUT2D eigenvalue weighted by Crippen LogP contribution is 2.42. The molecule has 3 saturated heterocycles. The van der Waals surface area contributed by atoms with Crippen molar-refractivity contribution in [1.29, 1.82) is 0 Å². The molecule has 0 radical (unpaired) electrons. The van der Waals surface area contributed by atoms with Crippen LogP contribution in [0.3, 0.4) is 0 Å². The Labute approximate surface area is 180 Å². The molecule has 3 unspecified atom stereocenters. The fraction of sp³-hybridized carbons (Fsp3) is 0.478. The van der Waals surface area contributed by atoms with Gasteiger partial charge in [-0.2, -0.15) is 0 Å². The SMILES string of the molecule is COc1ccc(CO[C@@H]2C3OC4O[C@@H]2C(O)[C@H](O4)[C@@H]3OCc2ccc(OC)cc2)cc1. The molecule has 4 fully saturated rings. The number of hydrogen-bond donors (Lipinski definition) is 1. The van der Waals surface area contributed by atoms with Crippen molar-refractivity contribution in [2.24, 2.45) is 0 Å². The van der Waals surface area contributed by atoms with Gasteiger partial charge in [0.1, 0.15) is 48.1 Å². The Morgan fingerprint density at radius 1 is 0.677 bits per heavy atom. The van der Waals surface area contributed by atoms with Crippen LogP contribution in [0.4, 0.5) is 0 Å². The molecule has 31 heavy (non-hydrogen) atoms. The topological polar surface area (TPSA) is 84.8 Å². The number of aliphatic hydroxyl groups excluding tert-OH is 1. The minimum absolute atomic E-state index is 0.350. The minimum atomic E-state index is -0.863. The standard InChI is InChI=1S/C23H26O8/c1-25-15-7-3-13(4-8-15)11-27-20-18-17(24)19-21(22(20)31-23(29-18)30-19)28-12-14-5-9-16(26-2)10-6-14/h3-10,17-24H,11-12H2,1-2H3/t17?,18-,19+,20-,21-,22?,23?/m0/s1. The van der Waals surface area contributed by atoms with Crippen LogP contribution in [-0.4, -0.2) is 62.4 Å². The minimum Gasteiger partial charge on any atom is -0.497 e. The highest BCUT2D eigenvalue weighted by molar-refractivity contribution is 5.27. The third-order valence-electron chi connectivity index (χ3n) is 5.98. The van der Waals surface area contributed by atoms with Crippen LogP contribution in [-0.2, 0) is 36.9 Å². The molecule has 1 saturated carbocycles. The zero-order chi connectivity index (χ0) is 21.4. The van der Waals surface area contributed by atoms with E-state index >= 15 is 0 Å². The van der Waals surface area contributed by atoms with Crippen LogP contribution in [0.2, 0.25) is 0 Å². The summed E-state index contributed by atoms with van der Waals surface area (Å²) in [5, 5.41) is 10.8. The maximum Gasteiger partial charge on any atom is 0.272 e. The van der Waals surface area contributed by atoms with Gasteiger partial charge in [-0.15, -0.1) is 0 Å². The molecule has 3 heterocycles. The lowest BCUT2D eigenvalue weighted by Gasteiger charge is -2.57. The zero-order valence-electron chi connectivity index (χ0n) is 17.4. The van der Waals surface area contributed by atoms with E-state index in [9.17, 15) is 5.11 Å². The number of hydrogen-bond acceptors (Lipinski definition) is 8. The number of ether oxygens (including phenoxy) is 7. The molecule has 7 atom stereocenters. The molecule has 1 aliphatic carbocycles. The van der Waals surface area contributed by atoms with Crippen LogP contribution in [0.1, 0.15) is 11.1 Å². The van der Waals surface area contributed by atoms with E-state index < -0.39 is 43.1 Å². The summed E-state index contributed by atoms with van der Waals surface area (Å²) in [6.45, 7) is -0.101. The first-order valence-corrected chi connectivity index (χ1v) is 10.3. The van der Waals surface area contributed by atoms with Gasteiger partial charge in [-0.25, -0.2) is 0 Å². The van der Waals surface area contributed by atoms with Gasteiger partial charge in [0.2, 0.25) is 0 Å². The first kappa shape index (κ1) is 20.7. The van der Waals surface area contributed by atoms with E-state index in [4.69, 9.17) is 33.2 Å². The number of benzene rings is 2. The summed E-state index contributed by atoms with van der Waals surface area (Å²) in [7, 11) is 3.26. The van der Waals surface area contributed by atoms with Crippen LogP contribution in [0.25, 0.3) is 0 Å². The van der Waals surface area contributed by atoms with Crippen molar-refractivity contribution in [3.05, 3.63) is 59.7 Å². The molecule has 0 amide bonds. The van der Waals surface area contributed by atoms with E-state index in [0.29, 0.717) is 13.2 Å². The smallest absolute Gasteiger partial charge is 0.272 e. The molecule has 4 aliphatic rings. The molecule has 166 valence electrons. The Hall–Kier alpha value is -2.20. The van der Waals surface area contributed by atoms with Gasteiger partial charge < -0.3 is 38.3 Å². The maximum absolute atomic E-state index is 10.8. The number of aliphatic hydroxyl groups is 1. The average Bonchev–Trinajstić information content (AvgIpc) is 2.81. The van der Waals surface area contributed by atoms with Crippen molar-refractivity contribution >= 4 is 0 Å². The quantitative estimate of drug-likeness (QED) is 0.681. The van der Waals surface area contributed by atoms with Crippen molar-refractivity contribution in [2.45, 2.75) is 56.3 Å². The first-order chi connectivity index (χ1) is 15.2. The second-order valence-electron chi connectivity index (χ2n) is 7.83. The van der Waals surface area contributed by atoms with Gasteiger partial charge in [0.25, 0.3) is 6.48 Å². The third-order valence-corrected chi connectivity index (χ3v) is 5.98. The summed E-state index contributed by atoms with van der Waals surface area (Å²) in [6, 6.07) is 15.3. The van der Waals surface area contributed by atoms with Gasteiger partial charge in [-0.05, 0) is 35.4 Å². The Morgan fingerprint density at radius 2 is 1.10 bits per heavy atom. The normalized spacial score (nSPS) is 33.5. The molecule has 4 bridgehead atoms. The van der Waals surface area contributed by atoms with Gasteiger partial charge in [0.05, 0.1) is 27.4 Å². The van der Waals surface area contributed by atoms with Crippen LogP contribution in [0.15, 0.2) is 48.5 Å². The molecular formula is C23H26O8. The lowest BCUT2D eigenvalue weighted by Crippen LogP contribution is -2.75. The van der Waals surface area contributed by atoms with E-state index in [-0.39, 0.29) is 0 Å². The van der Waals surface area contributed by atoms with Crippen LogP contribution >= 0.6 is 0 Å². The number of rotatable bonds is 8. The fourth-order valence-corrected chi connectivity index (χ4v) is 4.30. The molecule has 8 nitrogen and oxygen atoms in total. The van der Waals surface area contributed by atoms with Crippen LogP contribution in [0.5, 0.6) is 11.5 Å². The molecule has 2 aromatic rings. The summed E-state index contributed by atoms with van der Waals surface area (Å²) >= 11 is 0. The van der Waals surface area contributed by atoms with Crippen molar-refractivity contribution in [3.8, 4) is 11.5 Å². The second kappa shape index (κ2) is 8.74. The molecule has 6 rings (SSSR count). The highest BCUT2D eigenvalue weighted by atomic mass is 16.9. The Bertz CT molecular complexity index is 801. The van der Waals surface area contributed by atoms with Gasteiger partial charge in [0.15, 0.2) is 0 Å². The molecule has 2 aromatic carbocycles. The Balaban J connectivity index is 1.27. The van der Waals surface area contributed by atoms with Crippen molar-refractivity contribution < 1.29 is 38.3 Å². The zero-order valence-corrected chi connectivity index (χ0v) is 17.4. The predicted octanol–water partition coefficient (Wildman–Crippen LogP) is 2.02. The van der Waals surface area contributed by atoms with E-state index in [1.165, 1.54) is 0 Å². The fourth-order valence-electron chi connectivity index (χ4n) is 4.30. The Kier molecular flexibility index (Phi) is 5.83. The highest BCUT2D eigenvalue weighted by Gasteiger charge is 2.62. The molecule has 0 spiro atoms. The van der Waals surface area contributed by atoms with E-state index in [1.54, 1.807) is 14.2 Å². The van der Waals surface area contributed by atoms with Crippen LogP contribution < -0.4 is 9.47 Å². The summed E-state index contributed by atoms with van der Waals surface area (Å²) in [5.41, 5.74) is 1.96. The maximum atomic E-state index is 10.8. The molecule has 8 heteroatoms. The summed E-state index contributed by atoms with van der Waals surface area (Å²) in [6.07, 6.45) is -3.27. The average molecular weight is 430 g/mol. The largest absolute Gasteiger partial charge is 0.497 e. The van der Waals surface area contributed by atoms with E-state index in [1.807, 2.05) is 48.5 Å². The van der Waals surface area contributed by atoms with Crippen molar-refractivity contribution in [1.82, 2.24) is 0 Å². The van der Waals surface area contributed by atoms with Gasteiger partial charge in [-0.1, -0.05) is 24.3 Å². The third kappa shape index (κ3) is 4.03. The number of methoxy groups -OCH3 is 2. The van der Waals surface area contributed by atoms with Gasteiger partial charge >= 0.3 is 0 Å². The molecule has 1 N–H and O–H groups in total. The summed E-state index contributed by atoms with van der Waals surface area (Å²) in [4.78, 5) is 0. The first-order valence-electron chi connectivity index (χ1n) is 10.3. The molecular weight excluding hydrogens is 404 g/mol. The summed E-state index contributed by atoms with van der Waals surface area (Å²) < 4.78 is 40.0. The van der Waals surface area contributed by atoms with Crippen LogP contribution in [0, 0.1) is 0 Å². The predicted molar refractivity (Wildman–Crippen MR) is 108 cm³/mol.